The summed E-state index contributed by atoms with van der Waals surface area (Å²) in [7, 11) is 0. The van der Waals surface area contributed by atoms with Gasteiger partial charge in [0.25, 0.3) is 0 Å². The van der Waals surface area contributed by atoms with E-state index in [1.165, 1.54) is 5.57 Å². The molecule has 5 nitrogen and oxygen atoms in total. The second-order valence-electron chi connectivity index (χ2n) is 7.20. The Morgan fingerprint density at radius 2 is 2.14 bits per heavy atom. The molecule has 2 N–H and O–H groups in total. The highest BCUT2D eigenvalue weighted by Crippen LogP contribution is 2.59. The largest absolute Gasteiger partial charge is 0.349 e. The van der Waals surface area contributed by atoms with Crippen molar-refractivity contribution in [2.75, 3.05) is 0 Å². The molecular formula is C16H26N4OS. The van der Waals surface area contributed by atoms with Gasteiger partial charge >= 0.3 is 0 Å². The van der Waals surface area contributed by atoms with Crippen LogP contribution in [0.3, 0.4) is 0 Å². The Bertz CT molecular complexity index is 649. The van der Waals surface area contributed by atoms with Gasteiger partial charge in [0.1, 0.15) is 0 Å². The molecule has 0 bridgehead atoms. The van der Waals surface area contributed by atoms with Gasteiger partial charge in [-0.1, -0.05) is 25.5 Å². The average molecular weight is 322 g/mol. The summed E-state index contributed by atoms with van der Waals surface area (Å²) in [5.41, 5.74) is 1.29. The van der Waals surface area contributed by atoms with Crippen molar-refractivity contribution in [2.45, 2.75) is 54.1 Å². The van der Waals surface area contributed by atoms with Crippen LogP contribution >= 0.6 is 12.2 Å². The maximum Gasteiger partial charge on any atom is 0.224 e. The van der Waals surface area contributed by atoms with Gasteiger partial charge in [-0.3, -0.25) is 9.89 Å². The maximum atomic E-state index is 12.5. The van der Waals surface area contributed by atoms with E-state index in [0.29, 0.717) is 17.2 Å². The number of amides is 1. The SMILES string of the molecule is CC(C)=C[C@H]1[C@@H](C(=O)NCc2n[nH]c(=S)n2C(C)C)C1(C)C. The zero-order valence-electron chi connectivity index (χ0n) is 14.2. The van der Waals surface area contributed by atoms with E-state index in [2.05, 4.69) is 49.3 Å². The molecule has 1 saturated carbocycles. The fourth-order valence-electron chi connectivity index (χ4n) is 3.12. The predicted molar refractivity (Wildman–Crippen MR) is 89.8 cm³/mol. The van der Waals surface area contributed by atoms with Gasteiger partial charge in [0.2, 0.25) is 5.91 Å². The number of hydrogen-bond acceptors (Lipinski definition) is 3. The summed E-state index contributed by atoms with van der Waals surface area (Å²) in [5, 5.41) is 10.0. The van der Waals surface area contributed by atoms with Crippen LogP contribution in [-0.4, -0.2) is 20.7 Å². The summed E-state index contributed by atoms with van der Waals surface area (Å²) in [5.74, 6) is 1.22. The summed E-state index contributed by atoms with van der Waals surface area (Å²) in [4.78, 5) is 12.5. The van der Waals surface area contributed by atoms with E-state index in [0.717, 1.165) is 5.82 Å². The summed E-state index contributed by atoms with van der Waals surface area (Å²) in [6.07, 6.45) is 2.20. The van der Waals surface area contributed by atoms with Crippen molar-refractivity contribution >= 4 is 18.1 Å². The Balaban J connectivity index is 2.03. The smallest absolute Gasteiger partial charge is 0.224 e. The molecule has 2 atom stereocenters. The second-order valence-corrected chi connectivity index (χ2v) is 7.58. The normalized spacial score (nSPS) is 22.5. The van der Waals surface area contributed by atoms with Gasteiger partial charge in [-0.25, -0.2) is 0 Å². The molecule has 1 aromatic heterocycles. The molecule has 0 aromatic carbocycles. The first-order valence-electron chi connectivity index (χ1n) is 7.74. The first-order chi connectivity index (χ1) is 10.2. The Labute approximate surface area is 137 Å². The van der Waals surface area contributed by atoms with Crippen LogP contribution in [-0.2, 0) is 11.3 Å². The van der Waals surface area contributed by atoms with Gasteiger partial charge < -0.3 is 9.88 Å². The summed E-state index contributed by atoms with van der Waals surface area (Å²) in [6.45, 7) is 12.9. The molecule has 0 saturated heterocycles. The molecule has 122 valence electrons. The lowest BCUT2D eigenvalue weighted by Gasteiger charge is -2.11. The molecule has 0 spiro atoms. The molecule has 0 aliphatic heterocycles. The van der Waals surface area contributed by atoms with E-state index in [-0.39, 0.29) is 23.3 Å². The topological polar surface area (TPSA) is 62.7 Å². The number of nitrogens with zero attached hydrogens (tertiary/aromatic N) is 2. The number of aromatic nitrogens is 3. The van der Waals surface area contributed by atoms with Gasteiger partial charge in [-0.05, 0) is 51.2 Å². The molecule has 1 aliphatic carbocycles. The molecular weight excluding hydrogens is 296 g/mol. The highest BCUT2D eigenvalue weighted by Gasteiger charge is 2.60. The number of carbonyl (C=O) groups is 1. The third-order valence-electron chi connectivity index (χ3n) is 4.42. The van der Waals surface area contributed by atoms with Crippen LogP contribution in [0, 0.1) is 22.0 Å². The fraction of sp³-hybridized carbons (Fsp3) is 0.688. The van der Waals surface area contributed by atoms with Crippen molar-refractivity contribution in [1.29, 1.82) is 0 Å². The van der Waals surface area contributed by atoms with Crippen molar-refractivity contribution in [3.8, 4) is 0 Å². The Morgan fingerprint density at radius 3 is 2.68 bits per heavy atom. The van der Waals surface area contributed by atoms with E-state index < -0.39 is 0 Å². The molecule has 1 fully saturated rings. The number of rotatable bonds is 5. The minimum Gasteiger partial charge on any atom is -0.349 e. The third kappa shape index (κ3) is 3.16. The number of aromatic amines is 1. The van der Waals surface area contributed by atoms with Crippen molar-refractivity contribution in [3.63, 3.8) is 0 Å². The van der Waals surface area contributed by atoms with E-state index in [9.17, 15) is 4.79 Å². The first kappa shape index (κ1) is 16.9. The zero-order valence-corrected chi connectivity index (χ0v) is 15.0. The maximum absolute atomic E-state index is 12.5. The van der Waals surface area contributed by atoms with Crippen molar-refractivity contribution in [2.24, 2.45) is 17.3 Å². The lowest BCUT2D eigenvalue weighted by atomic mass is 10.1. The highest BCUT2D eigenvalue weighted by atomic mass is 32.1. The van der Waals surface area contributed by atoms with Gasteiger partial charge in [-0.15, -0.1) is 0 Å². The molecule has 1 aliphatic rings. The minimum atomic E-state index is 0.0319. The third-order valence-corrected chi connectivity index (χ3v) is 4.71. The van der Waals surface area contributed by atoms with E-state index >= 15 is 0 Å². The Kier molecular flexibility index (Phi) is 4.61. The monoisotopic (exact) mass is 322 g/mol. The molecule has 2 rings (SSSR count). The molecule has 0 radical (unpaired) electrons. The number of H-pyrrole nitrogens is 1. The first-order valence-corrected chi connectivity index (χ1v) is 8.15. The summed E-state index contributed by atoms with van der Waals surface area (Å²) >= 11 is 5.22. The number of hydrogen-bond donors (Lipinski definition) is 2. The number of carbonyl (C=O) groups excluding carboxylic acids is 1. The predicted octanol–water partition coefficient (Wildman–Crippen LogP) is 3.38. The van der Waals surface area contributed by atoms with Gasteiger partial charge in [0, 0.05) is 6.04 Å². The quantitative estimate of drug-likeness (QED) is 0.645. The van der Waals surface area contributed by atoms with Crippen LogP contribution in [0.1, 0.15) is 53.4 Å². The van der Waals surface area contributed by atoms with Crippen LogP contribution in [0.2, 0.25) is 0 Å². The molecule has 1 heterocycles. The van der Waals surface area contributed by atoms with Crippen LogP contribution < -0.4 is 5.32 Å². The second kappa shape index (κ2) is 5.99. The Hall–Kier alpha value is -1.43. The Morgan fingerprint density at radius 1 is 1.50 bits per heavy atom. The van der Waals surface area contributed by atoms with Crippen molar-refractivity contribution < 1.29 is 4.79 Å². The molecule has 1 aromatic rings. The van der Waals surface area contributed by atoms with Gasteiger partial charge in [-0.2, -0.15) is 5.10 Å². The van der Waals surface area contributed by atoms with Crippen LogP contribution in [0.5, 0.6) is 0 Å². The zero-order chi connectivity index (χ0) is 16.7. The van der Waals surface area contributed by atoms with E-state index in [1.54, 1.807) is 0 Å². The van der Waals surface area contributed by atoms with E-state index in [1.807, 2.05) is 18.4 Å². The molecule has 22 heavy (non-hydrogen) atoms. The fourth-order valence-corrected chi connectivity index (χ4v) is 3.48. The molecule has 6 heteroatoms. The number of nitrogens with one attached hydrogen (secondary N) is 2. The summed E-state index contributed by atoms with van der Waals surface area (Å²) < 4.78 is 2.52. The van der Waals surface area contributed by atoms with Gasteiger partial charge in [0.05, 0.1) is 12.5 Å². The number of allylic oxidation sites excluding steroid dienone is 2. The molecule has 1 amide bonds. The van der Waals surface area contributed by atoms with Crippen molar-refractivity contribution in [3.05, 3.63) is 22.2 Å². The van der Waals surface area contributed by atoms with Crippen molar-refractivity contribution in [1.82, 2.24) is 20.1 Å². The lowest BCUT2D eigenvalue weighted by Crippen LogP contribution is -2.28. The van der Waals surface area contributed by atoms with Crippen LogP contribution in [0.4, 0.5) is 0 Å². The van der Waals surface area contributed by atoms with Crippen LogP contribution in [0.25, 0.3) is 0 Å². The minimum absolute atomic E-state index is 0.0319. The average Bonchev–Trinajstić information content (AvgIpc) is 2.75. The highest BCUT2D eigenvalue weighted by molar-refractivity contribution is 7.71. The van der Waals surface area contributed by atoms with E-state index in [4.69, 9.17) is 12.2 Å². The van der Waals surface area contributed by atoms with Gasteiger partial charge in [0.15, 0.2) is 10.6 Å². The summed E-state index contributed by atoms with van der Waals surface area (Å²) in [6, 6.07) is 0.217. The molecule has 0 unspecified atom stereocenters. The lowest BCUT2D eigenvalue weighted by molar-refractivity contribution is -0.123. The van der Waals surface area contributed by atoms with Crippen LogP contribution in [0.15, 0.2) is 11.6 Å². The standard InChI is InChI=1S/C16H26N4OS/c1-9(2)7-11-13(16(11,5)6)14(21)17-8-12-18-19-15(22)20(12)10(3)4/h7,10-11,13H,8H2,1-6H3,(H,17,21)(H,19,22)/t11-,13-/m0/s1.